The van der Waals surface area contributed by atoms with Gasteiger partial charge in [0.05, 0.1) is 24.2 Å². The number of nitrogens with one attached hydrogen (secondary N) is 1. The van der Waals surface area contributed by atoms with Crippen LogP contribution in [0.15, 0.2) is 4.42 Å². The second-order valence-corrected chi connectivity index (χ2v) is 9.98. The number of aromatic nitrogens is 2. The second-order valence-electron chi connectivity index (χ2n) is 9.98. The summed E-state index contributed by atoms with van der Waals surface area (Å²) in [6.07, 6.45) is -8.32. The Labute approximate surface area is 189 Å². The van der Waals surface area contributed by atoms with Crippen molar-refractivity contribution in [1.82, 2.24) is 15.5 Å². The molecule has 6 rings (SSSR count). The maximum Gasteiger partial charge on any atom is 0.522 e. The lowest BCUT2D eigenvalue weighted by Crippen LogP contribution is -2.77. The molecule has 0 atom stereocenters. The van der Waals surface area contributed by atoms with Crippen LogP contribution in [-0.2, 0) is 24.4 Å². The van der Waals surface area contributed by atoms with Gasteiger partial charge in [-0.05, 0) is 50.9 Å². The normalized spacial score (nSPS) is 36.6. The molecule has 0 aliphatic heterocycles. The summed E-state index contributed by atoms with van der Waals surface area (Å²) in [7, 11) is 0. The number of rotatable bonds is 9. The molecule has 1 heterocycles. The Bertz CT molecular complexity index is 903. The fourth-order valence-electron chi connectivity index (χ4n) is 5.56. The van der Waals surface area contributed by atoms with Gasteiger partial charge in [0.25, 0.3) is 0 Å². The summed E-state index contributed by atoms with van der Waals surface area (Å²) in [6, 6.07) is 0. The molecular formula is C20H23F6N3O5. The molecule has 0 saturated heterocycles. The third-order valence-corrected chi connectivity index (χ3v) is 7.15. The van der Waals surface area contributed by atoms with Gasteiger partial charge in [-0.25, -0.2) is 0 Å². The first-order valence-corrected chi connectivity index (χ1v) is 11.0. The van der Waals surface area contributed by atoms with Gasteiger partial charge in [-0.1, -0.05) is 0 Å². The Kier molecular flexibility index (Phi) is 5.63. The lowest BCUT2D eigenvalue weighted by atomic mass is 9.39. The monoisotopic (exact) mass is 499 g/mol. The van der Waals surface area contributed by atoms with Gasteiger partial charge in [-0.2, -0.15) is 0 Å². The van der Waals surface area contributed by atoms with E-state index in [0.29, 0.717) is 31.0 Å². The molecular weight excluding hydrogens is 476 g/mol. The molecule has 14 heteroatoms. The predicted molar refractivity (Wildman–Crippen MR) is 98.1 cm³/mol. The number of nitrogens with zero attached hydrogens (tertiary/aromatic N) is 2. The summed E-state index contributed by atoms with van der Waals surface area (Å²) >= 11 is 0. The number of alkyl halides is 6. The number of halogens is 6. The van der Waals surface area contributed by atoms with Crippen molar-refractivity contribution < 1.29 is 49.8 Å². The van der Waals surface area contributed by atoms with Gasteiger partial charge in [0.15, 0.2) is 0 Å². The summed E-state index contributed by atoms with van der Waals surface area (Å²) in [5.74, 6) is 0.142. The topological polar surface area (TPSA) is 95.7 Å². The van der Waals surface area contributed by atoms with Crippen molar-refractivity contribution in [3.63, 3.8) is 0 Å². The van der Waals surface area contributed by atoms with Gasteiger partial charge in [0, 0.05) is 11.5 Å². The standard InChI is InChI=1S/C20H23F6N3O5/c21-19(22,23)33-12-1-10(2-12)5-31-6-14(30)27-18-7-17(8-18,9-18)16-29-28-15(32-16)11-3-13(4-11)34-20(24,25)26/h10-13H,1-9H2,(H,27,30)/t10-,11-,12+,13+,17?,18?. The zero-order chi connectivity index (χ0) is 24.4. The molecule has 34 heavy (non-hydrogen) atoms. The molecule has 190 valence electrons. The fourth-order valence-corrected chi connectivity index (χ4v) is 5.56. The Morgan fingerprint density at radius 1 is 0.971 bits per heavy atom. The van der Waals surface area contributed by atoms with Crippen molar-refractivity contribution in [2.45, 2.75) is 86.8 Å². The number of ether oxygens (including phenoxy) is 3. The quantitative estimate of drug-likeness (QED) is 0.520. The Morgan fingerprint density at radius 3 is 2.15 bits per heavy atom. The number of hydrogen-bond acceptors (Lipinski definition) is 7. The SMILES string of the molecule is O=C(COC[C@H]1C[C@@H](OC(F)(F)F)C1)NC12CC(c3nnc([C@H]4C[C@@H](OC(F)(F)F)C4)o3)(C1)C2. The molecule has 1 aromatic rings. The Hall–Kier alpha value is -1.93. The summed E-state index contributed by atoms with van der Waals surface area (Å²) in [6.45, 7) is 0.0203. The van der Waals surface area contributed by atoms with Crippen molar-refractivity contribution in [2.24, 2.45) is 5.92 Å². The first kappa shape index (κ1) is 23.8. The maximum atomic E-state index is 12.2. The highest BCUT2D eigenvalue weighted by Gasteiger charge is 2.72. The van der Waals surface area contributed by atoms with Crippen molar-refractivity contribution in [2.75, 3.05) is 13.2 Å². The van der Waals surface area contributed by atoms with Crippen LogP contribution in [-0.4, -0.2) is 59.8 Å². The first-order valence-electron chi connectivity index (χ1n) is 11.0. The van der Waals surface area contributed by atoms with Crippen LogP contribution in [0.5, 0.6) is 0 Å². The van der Waals surface area contributed by atoms with Gasteiger partial charge in [-0.3, -0.25) is 14.3 Å². The van der Waals surface area contributed by atoms with Gasteiger partial charge in [0.1, 0.15) is 6.61 Å². The van der Waals surface area contributed by atoms with Crippen LogP contribution in [0.2, 0.25) is 0 Å². The van der Waals surface area contributed by atoms with Crippen LogP contribution in [0.4, 0.5) is 26.3 Å². The smallest absolute Gasteiger partial charge is 0.424 e. The van der Waals surface area contributed by atoms with Gasteiger partial charge >= 0.3 is 12.7 Å². The lowest BCUT2D eigenvalue weighted by molar-refractivity contribution is -0.355. The average molecular weight is 499 g/mol. The van der Waals surface area contributed by atoms with E-state index in [2.05, 4.69) is 25.0 Å². The number of carbonyl (C=O) groups excluding carboxylic acids is 1. The molecule has 5 aliphatic rings. The molecule has 5 saturated carbocycles. The molecule has 0 aromatic carbocycles. The van der Waals surface area contributed by atoms with Gasteiger partial charge in [0.2, 0.25) is 17.7 Å². The molecule has 0 spiro atoms. The third-order valence-electron chi connectivity index (χ3n) is 7.15. The number of hydrogen-bond donors (Lipinski definition) is 1. The van der Waals surface area contributed by atoms with Crippen molar-refractivity contribution >= 4 is 5.91 Å². The molecule has 0 unspecified atom stereocenters. The summed E-state index contributed by atoms with van der Waals surface area (Å²) < 4.78 is 92.0. The van der Waals surface area contributed by atoms with E-state index in [9.17, 15) is 31.1 Å². The molecule has 5 fully saturated rings. The Balaban J connectivity index is 0.986. The molecule has 8 nitrogen and oxygen atoms in total. The fraction of sp³-hybridized carbons (Fsp3) is 0.850. The second kappa shape index (κ2) is 8.05. The van der Waals surface area contributed by atoms with E-state index < -0.39 is 24.9 Å². The van der Waals surface area contributed by atoms with E-state index in [-0.39, 0.29) is 67.6 Å². The van der Waals surface area contributed by atoms with Crippen LogP contribution in [0.3, 0.4) is 0 Å². The average Bonchev–Trinajstić information content (AvgIpc) is 3.04. The van der Waals surface area contributed by atoms with Crippen molar-refractivity contribution in [3.05, 3.63) is 11.8 Å². The van der Waals surface area contributed by atoms with Gasteiger partial charge in [-0.15, -0.1) is 36.5 Å². The van der Waals surface area contributed by atoms with E-state index >= 15 is 0 Å². The van der Waals surface area contributed by atoms with E-state index in [1.807, 2.05) is 0 Å². The highest BCUT2D eigenvalue weighted by molar-refractivity contribution is 5.79. The minimum absolute atomic E-state index is 0.0592. The van der Waals surface area contributed by atoms with E-state index in [1.165, 1.54) is 0 Å². The minimum Gasteiger partial charge on any atom is -0.424 e. The highest BCUT2D eigenvalue weighted by Crippen LogP contribution is 2.67. The number of amides is 1. The van der Waals surface area contributed by atoms with Crippen LogP contribution >= 0.6 is 0 Å². The zero-order valence-electron chi connectivity index (χ0n) is 17.9. The summed E-state index contributed by atoms with van der Waals surface area (Å²) in [5, 5.41) is 11.0. The van der Waals surface area contributed by atoms with Crippen LogP contribution in [0.1, 0.15) is 62.6 Å². The molecule has 0 radical (unpaired) electrons. The minimum atomic E-state index is -4.66. The van der Waals surface area contributed by atoms with Gasteiger partial charge < -0.3 is 14.5 Å². The number of carbonyl (C=O) groups is 1. The van der Waals surface area contributed by atoms with Crippen LogP contribution < -0.4 is 5.32 Å². The zero-order valence-corrected chi connectivity index (χ0v) is 17.9. The molecule has 5 aliphatic carbocycles. The van der Waals surface area contributed by atoms with Crippen LogP contribution in [0.25, 0.3) is 0 Å². The summed E-state index contributed by atoms with van der Waals surface area (Å²) in [5.41, 5.74) is -0.677. The van der Waals surface area contributed by atoms with Crippen LogP contribution in [0, 0.1) is 5.92 Å². The molecule has 1 N–H and O–H groups in total. The largest absolute Gasteiger partial charge is 0.522 e. The molecule has 2 bridgehead atoms. The predicted octanol–water partition coefficient (Wildman–Crippen LogP) is 3.47. The molecule has 1 aromatic heterocycles. The third kappa shape index (κ3) is 4.89. The Morgan fingerprint density at radius 2 is 1.56 bits per heavy atom. The first-order chi connectivity index (χ1) is 15.8. The van der Waals surface area contributed by atoms with E-state index in [1.54, 1.807) is 0 Å². The maximum absolute atomic E-state index is 12.2. The lowest BCUT2D eigenvalue weighted by Gasteiger charge is -2.68. The van der Waals surface area contributed by atoms with Crippen molar-refractivity contribution in [1.29, 1.82) is 0 Å². The highest BCUT2D eigenvalue weighted by atomic mass is 19.4. The summed E-state index contributed by atoms with van der Waals surface area (Å²) in [4.78, 5) is 12.2. The van der Waals surface area contributed by atoms with Crippen molar-refractivity contribution in [3.8, 4) is 0 Å². The molecule has 1 amide bonds. The van der Waals surface area contributed by atoms with E-state index in [0.717, 1.165) is 0 Å². The van der Waals surface area contributed by atoms with E-state index in [4.69, 9.17) is 9.15 Å².